The molecular formula is C2H4N4O2. The minimum absolute atomic E-state index is 0.482. The average Bonchev–Trinajstić information content (AvgIpc) is 1.77. The van der Waals surface area contributed by atoms with Crippen LogP contribution in [-0.2, 0) is 0 Å². The van der Waals surface area contributed by atoms with Crippen LogP contribution in [0.2, 0.25) is 0 Å². The van der Waals surface area contributed by atoms with Gasteiger partial charge in [0.25, 0.3) is 0 Å². The molecule has 1 aliphatic rings. The first-order chi connectivity index (χ1) is 3.79. The van der Waals surface area contributed by atoms with E-state index in [1.54, 1.807) is 0 Å². The highest BCUT2D eigenvalue weighted by Crippen LogP contribution is 1.64. The Balaban J connectivity index is 2.40. The van der Waals surface area contributed by atoms with E-state index in [1.807, 2.05) is 21.7 Å². The Hall–Kier alpha value is -1.46. The van der Waals surface area contributed by atoms with Crippen molar-refractivity contribution in [2.45, 2.75) is 0 Å². The van der Waals surface area contributed by atoms with Gasteiger partial charge in [0.1, 0.15) is 0 Å². The zero-order chi connectivity index (χ0) is 5.98. The van der Waals surface area contributed by atoms with Crippen molar-refractivity contribution < 1.29 is 9.59 Å². The lowest BCUT2D eigenvalue weighted by Gasteiger charge is -2.14. The smallest absolute Gasteiger partial charge is 0.246 e. The molecule has 0 atom stereocenters. The number of carbonyl (C=O) groups excluding carboxylic acids is 2. The summed E-state index contributed by atoms with van der Waals surface area (Å²) in [5.41, 5.74) is 8.08. The topological polar surface area (TPSA) is 82.3 Å². The Kier molecular flexibility index (Phi) is 0.918. The van der Waals surface area contributed by atoms with Crippen LogP contribution >= 0.6 is 0 Å². The number of nitrogens with one attached hydrogen (secondary N) is 4. The third kappa shape index (κ3) is 0.780. The van der Waals surface area contributed by atoms with E-state index in [0.29, 0.717) is 0 Å². The van der Waals surface area contributed by atoms with Gasteiger partial charge >= 0.3 is 12.1 Å². The molecule has 44 valence electrons. The zero-order valence-corrected chi connectivity index (χ0v) is 3.82. The molecule has 0 aliphatic carbocycles. The lowest BCUT2D eigenvalue weighted by atomic mass is 10.9. The van der Waals surface area contributed by atoms with Crippen LogP contribution in [0.1, 0.15) is 0 Å². The van der Waals surface area contributed by atoms with Crippen molar-refractivity contribution in [3.05, 3.63) is 0 Å². The van der Waals surface area contributed by atoms with Crippen LogP contribution < -0.4 is 21.7 Å². The molecule has 0 bridgehead atoms. The molecule has 1 fully saturated rings. The van der Waals surface area contributed by atoms with Gasteiger partial charge in [-0.2, -0.15) is 0 Å². The highest BCUT2D eigenvalue weighted by Gasteiger charge is 2.08. The summed E-state index contributed by atoms with van der Waals surface area (Å²) < 4.78 is 0. The molecule has 0 unspecified atom stereocenters. The van der Waals surface area contributed by atoms with Crippen LogP contribution in [0.25, 0.3) is 0 Å². The molecule has 0 aromatic carbocycles. The Morgan fingerprint density at radius 2 is 1.00 bits per heavy atom. The summed E-state index contributed by atoms with van der Waals surface area (Å²) in [7, 11) is 0. The van der Waals surface area contributed by atoms with Gasteiger partial charge in [0.05, 0.1) is 0 Å². The minimum Gasteiger partial charge on any atom is -0.246 e. The quantitative estimate of drug-likeness (QED) is 0.308. The van der Waals surface area contributed by atoms with Crippen LogP contribution in [-0.4, -0.2) is 12.1 Å². The van der Waals surface area contributed by atoms with Crippen molar-refractivity contribution in [2.75, 3.05) is 0 Å². The van der Waals surface area contributed by atoms with Gasteiger partial charge in [0.2, 0.25) is 0 Å². The molecule has 6 nitrogen and oxygen atoms in total. The molecule has 8 heavy (non-hydrogen) atoms. The van der Waals surface area contributed by atoms with Gasteiger partial charge in [-0.05, 0) is 0 Å². The normalized spacial score (nSPS) is 17.5. The highest BCUT2D eigenvalue weighted by atomic mass is 16.2. The fourth-order valence-electron chi connectivity index (χ4n) is 0.290. The Labute approximate surface area is 44.6 Å². The van der Waals surface area contributed by atoms with Crippen molar-refractivity contribution in [3.8, 4) is 0 Å². The van der Waals surface area contributed by atoms with Crippen LogP contribution in [0.15, 0.2) is 0 Å². The minimum atomic E-state index is -0.482. The fourth-order valence-corrected chi connectivity index (χ4v) is 0.290. The van der Waals surface area contributed by atoms with Crippen LogP contribution in [0.5, 0.6) is 0 Å². The summed E-state index contributed by atoms with van der Waals surface area (Å²) in [4.78, 5) is 20.2. The number of rotatable bonds is 0. The lowest BCUT2D eigenvalue weighted by Crippen LogP contribution is -2.62. The number of amides is 4. The van der Waals surface area contributed by atoms with Crippen LogP contribution in [0.3, 0.4) is 0 Å². The van der Waals surface area contributed by atoms with Crippen molar-refractivity contribution in [1.29, 1.82) is 0 Å². The molecule has 4 amide bonds. The summed E-state index contributed by atoms with van der Waals surface area (Å²) >= 11 is 0. The van der Waals surface area contributed by atoms with E-state index < -0.39 is 12.1 Å². The third-order valence-corrected chi connectivity index (χ3v) is 0.579. The van der Waals surface area contributed by atoms with Gasteiger partial charge in [-0.15, -0.1) is 0 Å². The average molecular weight is 116 g/mol. The molecular weight excluding hydrogens is 112 g/mol. The summed E-state index contributed by atoms with van der Waals surface area (Å²) in [5, 5.41) is 0. The molecule has 0 aromatic rings. The first-order valence-electron chi connectivity index (χ1n) is 1.91. The second-order valence-electron chi connectivity index (χ2n) is 1.16. The van der Waals surface area contributed by atoms with E-state index in [0.717, 1.165) is 0 Å². The van der Waals surface area contributed by atoms with Gasteiger partial charge in [-0.1, -0.05) is 0 Å². The fraction of sp³-hybridized carbons (Fsp3) is 0. The number of hydrogen-bond donors (Lipinski definition) is 4. The number of hydrazine groups is 2. The lowest BCUT2D eigenvalue weighted by molar-refractivity contribution is 0.206. The van der Waals surface area contributed by atoms with Crippen molar-refractivity contribution in [1.82, 2.24) is 21.7 Å². The van der Waals surface area contributed by atoms with Crippen molar-refractivity contribution in [2.24, 2.45) is 0 Å². The van der Waals surface area contributed by atoms with E-state index in [4.69, 9.17) is 0 Å². The Bertz CT molecular complexity index is 104. The largest absolute Gasteiger partial charge is 0.352 e. The van der Waals surface area contributed by atoms with E-state index in [9.17, 15) is 9.59 Å². The van der Waals surface area contributed by atoms with E-state index >= 15 is 0 Å². The summed E-state index contributed by atoms with van der Waals surface area (Å²) in [5.74, 6) is 0. The molecule has 1 saturated heterocycles. The molecule has 6 heteroatoms. The molecule has 0 saturated carbocycles. The molecule has 0 radical (unpaired) electrons. The van der Waals surface area contributed by atoms with Gasteiger partial charge in [-0.25, -0.2) is 31.3 Å². The third-order valence-electron chi connectivity index (χ3n) is 0.579. The maximum atomic E-state index is 10.1. The van der Waals surface area contributed by atoms with E-state index in [2.05, 4.69) is 0 Å². The highest BCUT2D eigenvalue weighted by molar-refractivity contribution is 5.85. The SMILES string of the molecule is O=C1NNC(=O)NN1. The molecule has 0 aromatic heterocycles. The second-order valence-corrected chi connectivity index (χ2v) is 1.16. The summed E-state index contributed by atoms with van der Waals surface area (Å²) in [6.45, 7) is 0. The van der Waals surface area contributed by atoms with Crippen molar-refractivity contribution in [3.63, 3.8) is 0 Å². The first-order valence-corrected chi connectivity index (χ1v) is 1.91. The number of urea groups is 2. The van der Waals surface area contributed by atoms with Gasteiger partial charge in [0, 0.05) is 0 Å². The first kappa shape index (κ1) is 4.69. The monoisotopic (exact) mass is 116 g/mol. The molecule has 1 rings (SSSR count). The maximum absolute atomic E-state index is 10.1. The van der Waals surface area contributed by atoms with Gasteiger partial charge in [-0.3, -0.25) is 0 Å². The Morgan fingerprint density at radius 3 is 1.25 bits per heavy atom. The number of hydrogen-bond acceptors (Lipinski definition) is 2. The van der Waals surface area contributed by atoms with Gasteiger partial charge in [0.15, 0.2) is 0 Å². The second kappa shape index (κ2) is 1.57. The molecule has 1 heterocycles. The maximum Gasteiger partial charge on any atom is 0.352 e. The molecule has 0 spiro atoms. The zero-order valence-electron chi connectivity index (χ0n) is 3.82. The molecule has 1 aliphatic heterocycles. The van der Waals surface area contributed by atoms with E-state index in [-0.39, 0.29) is 0 Å². The molecule has 4 N–H and O–H groups in total. The number of carbonyl (C=O) groups is 2. The van der Waals surface area contributed by atoms with Crippen molar-refractivity contribution >= 4 is 12.1 Å². The predicted octanol–water partition coefficient (Wildman–Crippen LogP) is -1.57. The van der Waals surface area contributed by atoms with Crippen LogP contribution in [0.4, 0.5) is 9.59 Å². The summed E-state index contributed by atoms with van der Waals surface area (Å²) in [6, 6.07) is -0.964. The van der Waals surface area contributed by atoms with E-state index in [1.165, 1.54) is 0 Å². The van der Waals surface area contributed by atoms with Gasteiger partial charge < -0.3 is 0 Å². The standard InChI is InChI=1S/C2H4N4O2/c7-1-3-5-2(8)6-4-1/h(H2,3,4,7)(H2,5,6,8). The Morgan fingerprint density at radius 1 is 0.750 bits per heavy atom. The van der Waals surface area contributed by atoms with Crippen LogP contribution in [0, 0.1) is 0 Å². The summed E-state index contributed by atoms with van der Waals surface area (Å²) in [6.07, 6.45) is 0. The predicted molar refractivity (Wildman–Crippen MR) is 23.3 cm³/mol.